The summed E-state index contributed by atoms with van der Waals surface area (Å²) in [6.07, 6.45) is 0. The van der Waals surface area contributed by atoms with Crippen molar-refractivity contribution in [1.29, 1.82) is 0 Å². The van der Waals surface area contributed by atoms with E-state index in [0.717, 1.165) is 22.1 Å². The summed E-state index contributed by atoms with van der Waals surface area (Å²) in [4.78, 5) is 0. The topological polar surface area (TPSA) is 49.1 Å². The molecule has 0 atom stereocenters. The van der Waals surface area contributed by atoms with Crippen LogP contribution in [0.1, 0.15) is 6.92 Å². The van der Waals surface area contributed by atoms with Crippen molar-refractivity contribution in [1.82, 2.24) is 0 Å². The first-order valence-electron chi connectivity index (χ1n) is 7.08. The van der Waals surface area contributed by atoms with Crippen LogP contribution in [0.25, 0.3) is 10.8 Å². The molecule has 0 aromatic heterocycles. The van der Waals surface area contributed by atoms with Gasteiger partial charge in [-0.05, 0) is 30.5 Å². The molecule has 1 N–H and O–H groups in total. The Kier molecular flexibility index (Phi) is 4.20. The summed E-state index contributed by atoms with van der Waals surface area (Å²) in [5, 5.41) is 14.9. The number of hydrogen-bond donors (Lipinski definition) is 1. The first-order valence-corrected chi connectivity index (χ1v) is 7.08. The molecule has 0 amide bonds. The third-order valence-electron chi connectivity index (χ3n) is 3.19. The molecule has 0 saturated heterocycles. The first-order chi connectivity index (χ1) is 10.8. The lowest BCUT2D eigenvalue weighted by molar-refractivity contribution is 1.22. The van der Waals surface area contributed by atoms with E-state index in [9.17, 15) is 0 Å². The molecule has 0 aliphatic rings. The second-order valence-electron chi connectivity index (χ2n) is 4.84. The van der Waals surface area contributed by atoms with Crippen LogP contribution in [-0.4, -0.2) is 5.84 Å². The Morgan fingerprint density at radius 2 is 1.55 bits per heavy atom. The molecular formula is C18H16N4. The predicted octanol–water partition coefficient (Wildman–Crippen LogP) is 5.37. The SMILES string of the molecule is C/C(N=Nc1cccc2ccccc12)=N\Nc1ccccc1. The molecule has 3 rings (SSSR count). The molecule has 3 aromatic rings. The van der Waals surface area contributed by atoms with Crippen LogP contribution in [-0.2, 0) is 0 Å². The van der Waals surface area contributed by atoms with Crippen LogP contribution in [0.3, 0.4) is 0 Å². The number of nitrogens with zero attached hydrogens (tertiary/aromatic N) is 3. The molecule has 108 valence electrons. The lowest BCUT2D eigenvalue weighted by Crippen LogP contribution is -1.93. The van der Waals surface area contributed by atoms with Gasteiger partial charge >= 0.3 is 0 Å². The summed E-state index contributed by atoms with van der Waals surface area (Å²) < 4.78 is 0. The summed E-state index contributed by atoms with van der Waals surface area (Å²) in [5.41, 5.74) is 4.71. The van der Waals surface area contributed by atoms with Crippen molar-refractivity contribution in [2.24, 2.45) is 15.3 Å². The molecule has 0 spiro atoms. The van der Waals surface area contributed by atoms with E-state index in [1.54, 1.807) is 0 Å². The molecular weight excluding hydrogens is 272 g/mol. The Morgan fingerprint density at radius 1 is 0.818 bits per heavy atom. The van der Waals surface area contributed by atoms with Crippen LogP contribution in [0.4, 0.5) is 11.4 Å². The lowest BCUT2D eigenvalue weighted by atomic mass is 10.1. The van der Waals surface area contributed by atoms with Gasteiger partial charge in [0.25, 0.3) is 0 Å². The fraction of sp³-hybridized carbons (Fsp3) is 0.0556. The fourth-order valence-electron chi connectivity index (χ4n) is 2.10. The standard InChI is InChI=1S/C18H16N4/c1-14(19-21-16-10-3-2-4-11-16)20-22-18-13-7-9-15-8-5-6-12-17(15)18/h2-13,21H,1H3/b19-14+,22-20?. The molecule has 0 fully saturated rings. The maximum absolute atomic E-state index is 4.30. The van der Waals surface area contributed by atoms with Crippen molar-refractivity contribution in [2.75, 3.05) is 5.43 Å². The van der Waals surface area contributed by atoms with Crippen LogP contribution in [0.5, 0.6) is 0 Å². The highest BCUT2D eigenvalue weighted by Gasteiger charge is 1.98. The average molecular weight is 288 g/mol. The van der Waals surface area contributed by atoms with Crippen LogP contribution >= 0.6 is 0 Å². The second kappa shape index (κ2) is 6.63. The van der Waals surface area contributed by atoms with Gasteiger partial charge in [-0.15, -0.1) is 10.2 Å². The molecule has 3 aromatic carbocycles. The number of nitrogens with one attached hydrogen (secondary N) is 1. The van der Waals surface area contributed by atoms with Crippen molar-refractivity contribution in [3.05, 3.63) is 72.8 Å². The maximum atomic E-state index is 4.30. The van der Waals surface area contributed by atoms with Crippen molar-refractivity contribution in [2.45, 2.75) is 6.92 Å². The van der Waals surface area contributed by atoms with Gasteiger partial charge in [0.2, 0.25) is 0 Å². The van der Waals surface area contributed by atoms with Gasteiger partial charge in [0.15, 0.2) is 5.84 Å². The van der Waals surface area contributed by atoms with Gasteiger partial charge < -0.3 is 0 Å². The van der Waals surface area contributed by atoms with E-state index in [1.807, 2.05) is 67.6 Å². The Hall–Kier alpha value is -3.01. The van der Waals surface area contributed by atoms with E-state index in [2.05, 4.69) is 32.9 Å². The monoisotopic (exact) mass is 288 g/mol. The average Bonchev–Trinajstić information content (AvgIpc) is 2.59. The Labute approximate surface area is 129 Å². The van der Waals surface area contributed by atoms with Gasteiger partial charge in [-0.3, -0.25) is 5.43 Å². The summed E-state index contributed by atoms with van der Waals surface area (Å²) in [6.45, 7) is 1.81. The number of azo groups is 1. The Bertz CT molecular complexity index is 817. The molecule has 4 nitrogen and oxygen atoms in total. The number of fused-ring (bicyclic) bond motifs is 1. The maximum Gasteiger partial charge on any atom is 0.167 e. The minimum Gasteiger partial charge on any atom is -0.277 e. The predicted molar refractivity (Wildman–Crippen MR) is 91.6 cm³/mol. The highest BCUT2D eigenvalue weighted by molar-refractivity contribution is 5.92. The van der Waals surface area contributed by atoms with E-state index in [4.69, 9.17) is 0 Å². The number of para-hydroxylation sites is 1. The van der Waals surface area contributed by atoms with E-state index >= 15 is 0 Å². The Balaban J connectivity index is 1.78. The van der Waals surface area contributed by atoms with Gasteiger partial charge in [-0.2, -0.15) is 5.10 Å². The molecule has 0 aliphatic heterocycles. The number of anilines is 1. The molecule has 0 heterocycles. The number of amidine groups is 1. The van der Waals surface area contributed by atoms with Crippen molar-refractivity contribution in [3.63, 3.8) is 0 Å². The largest absolute Gasteiger partial charge is 0.277 e. The summed E-state index contributed by atoms with van der Waals surface area (Å²) in [7, 11) is 0. The van der Waals surface area contributed by atoms with Crippen LogP contribution in [0, 0.1) is 0 Å². The molecule has 22 heavy (non-hydrogen) atoms. The van der Waals surface area contributed by atoms with Crippen LogP contribution < -0.4 is 5.43 Å². The molecule has 0 radical (unpaired) electrons. The van der Waals surface area contributed by atoms with Gasteiger partial charge in [0.05, 0.1) is 11.4 Å². The van der Waals surface area contributed by atoms with Crippen molar-refractivity contribution >= 4 is 28.0 Å². The summed E-state index contributed by atoms with van der Waals surface area (Å²) in [5.74, 6) is 0.566. The third-order valence-corrected chi connectivity index (χ3v) is 3.19. The van der Waals surface area contributed by atoms with E-state index < -0.39 is 0 Å². The summed E-state index contributed by atoms with van der Waals surface area (Å²) >= 11 is 0. The van der Waals surface area contributed by atoms with E-state index in [-0.39, 0.29) is 0 Å². The number of benzene rings is 3. The second-order valence-corrected chi connectivity index (χ2v) is 4.84. The quantitative estimate of drug-likeness (QED) is 0.299. The van der Waals surface area contributed by atoms with Crippen molar-refractivity contribution in [3.8, 4) is 0 Å². The third kappa shape index (κ3) is 3.35. The van der Waals surface area contributed by atoms with Gasteiger partial charge in [0.1, 0.15) is 0 Å². The zero-order valence-electron chi connectivity index (χ0n) is 12.3. The minimum atomic E-state index is 0.566. The molecule has 0 bridgehead atoms. The molecule has 0 aliphatic carbocycles. The highest BCUT2D eigenvalue weighted by atomic mass is 15.3. The van der Waals surface area contributed by atoms with Crippen LogP contribution in [0.2, 0.25) is 0 Å². The van der Waals surface area contributed by atoms with E-state index in [0.29, 0.717) is 5.84 Å². The van der Waals surface area contributed by atoms with Crippen molar-refractivity contribution < 1.29 is 0 Å². The van der Waals surface area contributed by atoms with Gasteiger partial charge in [-0.25, -0.2) is 0 Å². The molecule has 0 saturated carbocycles. The fourth-order valence-corrected chi connectivity index (χ4v) is 2.10. The van der Waals surface area contributed by atoms with Gasteiger partial charge in [0, 0.05) is 5.39 Å². The summed E-state index contributed by atoms with van der Waals surface area (Å²) in [6, 6.07) is 23.8. The zero-order valence-corrected chi connectivity index (χ0v) is 12.3. The smallest absolute Gasteiger partial charge is 0.167 e. The number of rotatable bonds is 3. The van der Waals surface area contributed by atoms with E-state index in [1.165, 1.54) is 0 Å². The van der Waals surface area contributed by atoms with Crippen LogP contribution in [0.15, 0.2) is 88.1 Å². The highest BCUT2D eigenvalue weighted by Crippen LogP contribution is 2.25. The normalized spacial score (nSPS) is 12.0. The first kappa shape index (κ1) is 13.9. The Morgan fingerprint density at radius 3 is 2.41 bits per heavy atom. The zero-order chi connectivity index (χ0) is 15.2. The number of hydrazone groups is 1. The molecule has 0 unspecified atom stereocenters. The minimum absolute atomic E-state index is 0.566. The lowest BCUT2D eigenvalue weighted by Gasteiger charge is -2.01. The molecule has 4 heteroatoms. The van der Waals surface area contributed by atoms with Gasteiger partial charge in [-0.1, -0.05) is 54.6 Å². The number of hydrogen-bond acceptors (Lipinski definition) is 3.